The number of urea groups is 1. The van der Waals surface area contributed by atoms with Crippen molar-refractivity contribution in [3.05, 3.63) is 54.1 Å². The standard InChI is InChI=1S/C24H29N5O3/c1-3-26-12-14-27(15-13-26)22(30)16-28-20-6-4-5-7-21(20)29(17-23(28)31)24(32)25-19-10-8-18(2)9-11-19/h4-11H,3,12-17H2,1-2H3,(H,25,32). The number of carbonyl (C=O) groups excluding carboxylic acids is 3. The van der Waals surface area contributed by atoms with Crippen molar-refractivity contribution in [3.63, 3.8) is 0 Å². The molecule has 0 spiro atoms. The quantitative estimate of drug-likeness (QED) is 0.801. The monoisotopic (exact) mass is 435 g/mol. The molecule has 0 atom stereocenters. The normalized spacial score (nSPS) is 16.7. The summed E-state index contributed by atoms with van der Waals surface area (Å²) in [6, 6.07) is 14.3. The van der Waals surface area contributed by atoms with E-state index in [9.17, 15) is 14.4 Å². The zero-order valence-electron chi connectivity index (χ0n) is 18.6. The van der Waals surface area contributed by atoms with Gasteiger partial charge in [0.2, 0.25) is 11.8 Å². The summed E-state index contributed by atoms with van der Waals surface area (Å²) in [5.41, 5.74) is 2.94. The topological polar surface area (TPSA) is 76.2 Å². The van der Waals surface area contributed by atoms with Gasteiger partial charge in [-0.15, -0.1) is 0 Å². The van der Waals surface area contributed by atoms with E-state index < -0.39 is 0 Å². The van der Waals surface area contributed by atoms with Gasteiger partial charge in [-0.2, -0.15) is 0 Å². The number of carbonyl (C=O) groups is 3. The fourth-order valence-corrected chi connectivity index (χ4v) is 4.09. The van der Waals surface area contributed by atoms with E-state index in [4.69, 9.17) is 0 Å². The number of rotatable bonds is 4. The number of para-hydroxylation sites is 2. The number of hydrogen-bond acceptors (Lipinski definition) is 4. The molecule has 0 bridgehead atoms. The van der Waals surface area contributed by atoms with Crippen LogP contribution in [0.2, 0.25) is 0 Å². The van der Waals surface area contributed by atoms with Crippen LogP contribution in [0.3, 0.4) is 0 Å². The number of aryl methyl sites for hydroxylation is 1. The van der Waals surface area contributed by atoms with Gasteiger partial charge in [-0.25, -0.2) is 4.79 Å². The van der Waals surface area contributed by atoms with Gasteiger partial charge in [-0.3, -0.25) is 19.4 Å². The maximum Gasteiger partial charge on any atom is 0.326 e. The van der Waals surface area contributed by atoms with Gasteiger partial charge in [-0.05, 0) is 37.7 Å². The zero-order chi connectivity index (χ0) is 22.7. The molecule has 2 aliphatic rings. The maximum atomic E-state index is 13.0. The minimum Gasteiger partial charge on any atom is -0.339 e. The molecule has 8 nitrogen and oxygen atoms in total. The molecule has 1 saturated heterocycles. The Balaban J connectivity index is 1.49. The highest BCUT2D eigenvalue weighted by Gasteiger charge is 2.34. The molecule has 2 aliphatic heterocycles. The van der Waals surface area contributed by atoms with Crippen LogP contribution in [0, 0.1) is 6.92 Å². The fourth-order valence-electron chi connectivity index (χ4n) is 4.09. The molecule has 32 heavy (non-hydrogen) atoms. The second kappa shape index (κ2) is 9.40. The van der Waals surface area contributed by atoms with E-state index in [1.165, 1.54) is 9.80 Å². The summed E-state index contributed by atoms with van der Waals surface area (Å²) in [5.74, 6) is -0.343. The predicted molar refractivity (Wildman–Crippen MR) is 125 cm³/mol. The van der Waals surface area contributed by atoms with Gasteiger partial charge >= 0.3 is 6.03 Å². The molecule has 1 N–H and O–H groups in total. The molecule has 2 aromatic carbocycles. The number of nitrogens with zero attached hydrogens (tertiary/aromatic N) is 4. The Morgan fingerprint density at radius 1 is 0.938 bits per heavy atom. The Morgan fingerprint density at radius 3 is 2.25 bits per heavy atom. The molecule has 0 aromatic heterocycles. The summed E-state index contributed by atoms with van der Waals surface area (Å²) >= 11 is 0. The summed E-state index contributed by atoms with van der Waals surface area (Å²) in [5, 5.41) is 2.85. The smallest absolute Gasteiger partial charge is 0.326 e. The van der Waals surface area contributed by atoms with E-state index >= 15 is 0 Å². The second-order valence-electron chi connectivity index (χ2n) is 8.17. The minimum absolute atomic E-state index is 0.0185. The van der Waals surface area contributed by atoms with E-state index in [0.29, 0.717) is 30.2 Å². The van der Waals surface area contributed by atoms with Crippen LogP contribution >= 0.6 is 0 Å². The molecule has 4 rings (SSSR count). The molecular formula is C24H29N5O3. The molecule has 1 fully saturated rings. The van der Waals surface area contributed by atoms with Gasteiger partial charge in [0.25, 0.3) is 0 Å². The number of amides is 4. The van der Waals surface area contributed by atoms with Crippen molar-refractivity contribution in [1.82, 2.24) is 9.80 Å². The highest BCUT2D eigenvalue weighted by Crippen LogP contribution is 2.33. The zero-order valence-corrected chi connectivity index (χ0v) is 18.6. The maximum absolute atomic E-state index is 13.0. The number of piperazine rings is 1. The third kappa shape index (κ3) is 4.60. The Hall–Kier alpha value is -3.39. The van der Waals surface area contributed by atoms with Gasteiger partial charge in [0.05, 0.1) is 11.4 Å². The molecule has 0 radical (unpaired) electrons. The number of anilines is 3. The van der Waals surface area contributed by atoms with Crippen LogP contribution in [0.1, 0.15) is 12.5 Å². The number of fused-ring (bicyclic) bond motifs is 1. The van der Waals surface area contributed by atoms with Crippen molar-refractivity contribution >= 4 is 34.9 Å². The van der Waals surface area contributed by atoms with E-state index in [2.05, 4.69) is 17.1 Å². The average molecular weight is 436 g/mol. The Labute approximate surface area is 188 Å². The second-order valence-corrected chi connectivity index (χ2v) is 8.17. The van der Waals surface area contributed by atoms with Crippen molar-refractivity contribution in [2.75, 3.05) is 60.9 Å². The Kier molecular flexibility index (Phi) is 6.41. The van der Waals surface area contributed by atoms with E-state index in [1.807, 2.05) is 48.2 Å². The third-order valence-electron chi connectivity index (χ3n) is 6.07. The largest absolute Gasteiger partial charge is 0.339 e. The highest BCUT2D eigenvalue weighted by molar-refractivity contribution is 6.15. The highest BCUT2D eigenvalue weighted by atomic mass is 16.2. The lowest BCUT2D eigenvalue weighted by atomic mass is 10.1. The van der Waals surface area contributed by atoms with Crippen LogP contribution in [0.5, 0.6) is 0 Å². The molecule has 4 amide bonds. The lowest BCUT2D eigenvalue weighted by Crippen LogP contribution is -2.55. The SMILES string of the molecule is CCN1CCN(C(=O)CN2C(=O)CN(C(=O)Nc3ccc(C)cc3)c3ccccc32)CC1. The van der Waals surface area contributed by atoms with Gasteiger partial charge in [0.15, 0.2) is 0 Å². The van der Waals surface area contributed by atoms with Crippen LogP contribution < -0.4 is 15.1 Å². The molecular weight excluding hydrogens is 406 g/mol. The van der Waals surface area contributed by atoms with Crippen molar-refractivity contribution in [1.29, 1.82) is 0 Å². The summed E-state index contributed by atoms with van der Waals surface area (Å²) < 4.78 is 0. The first-order chi connectivity index (χ1) is 15.5. The van der Waals surface area contributed by atoms with Crippen molar-refractivity contribution in [3.8, 4) is 0 Å². The van der Waals surface area contributed by atoms with E-state index in [1.54, 1.807) is 12.1 Å². The van der Waals surface area contributed by atoms with Crippen LogP contribution in [0.15, 0.2) is 48.5 Å². The minimum atomic E-state index is -0.378. The first kappa shape index (κ1) is 21.8. The number of benzene rings is 2. The number of hydrogen-bond donors (Lipinski definition) is 1. The number of likely N-dealkylation sites (N-methyl/N-ethyl adjacent to an activating group) is 1. The third-order valence-corrected chi connectivity index (χ3v) is 6.07. The van der Waals surface area contributed by atoms with Gasteiger partial charge in [0.1, 0.15) is 13.1 Å². The summed E-state index contributed by atoms with van der Waals surface area (Å²) in [6.07, 6.45) is 0. The molecule has 8 heteroatoms. The van der Waals surface area contributed by atoms with Gasteiger partial charge in [0, 0.05) is 31.9 Å². The van der Waals surface area contributed by atoms with Crippen molar-refractivity contribution in [2.24, 2.45) is 0 Å². The molecule has 2 aromatic rings. The molecule has 2 heterocycles. The lowest BCUT2D eigenvalue weighted by molar-refractivity contribution is -0.132. The van der Waals surface area contributed by atoms with E-state index in [0.717, 1.165) is 25.2 Å². The fraction of sp³-hybridized carbons (Fsp3) is 0.375. The Morgan fingerprint density at radius 2 is 1.59 bits per heavy atom. The first-order valence-corrected chi connectivity index (χ1v) is 11.0. The van der Waals surface area contributed by atoms with Crippen LogP contribution in [0.4, 0.5) is 21.9 Å². The average Bonchev–Trinajstić information content (AvgIpc) is 2.82. The number of nitrogens with one attached hydrogen (secondary N) is 1. The van der Waals surface area contributed by atoms with Gasteiger partial charge < -0.3 is 15.1 Å². The molecule has 0 unspecified atom stereocenters. The lowest BCUT2D eigenvalue weighted by Gasteiger charge is -2.38. The molecule has 168 valence electrons. The summed E-state index contributed by atoms with van der Waals surface area (Å²) in [4.78, 5) is 45.9. The van der Waals surface area contributed by atoms with E-state index in [-0.39, 0.29) is 30.9 Å². The van der Waals surface area contributed by atoms with Gasteiger partial charge in [-0.1, -0.05) is 36.8 Å². The van der Waals surface area contributed by atoms with Crippen LogP contribution in [0.25, 0.3) is 0 Å². The summed E-state index contributed by atoms with van der Waals surface area (Å²) in [6.45, 7) is 7.95. The first-order valence-electron chi connectivity index (χ1n) is 11.0. The van der Waals surface area contributed by atoms with Crippen molar-refractivity contribution < 1.29 is 14.4 Å². The van der Waals surface area contributed by atoms with Crippen LogP contribution in [-0.4, -0.2) is 73.5 Å². The Bertz CT molecular complexity index is 999. The molecule has 0 aliphatic carbocycles. The van der Waals surface area contributed by atoms with Crippen molar-refractivity contribution in [2.45, 2.75) is 13.8 Å². The molecule has 0 saturated carbocycles. The van der Waals surface area contributed by atoms with Crippen LogP contribution in [-0.2, 0) is 9.59 Å². The summed E-state index contributed by atoms with van der Waals surface area (Å²) in [7, 11) is 0. The predicted octanol–water partition coefficient (Wildman–Crippen LogP) is 2.54.